The van der Waals surface area contributed by atoms with E-state index in [2.05, 4.69) is 15.3 Å². The van der Waals surface area contributed by atoms with E-state index in [4.69, 9.17) is 11.6 Å². The van der Waals surface area contributed by atoms with Crippen molar-refractivity contribution < 1.29 is 13.2 Å². The Kier molecular flexibility index (Phi) is 4.64. The van der Waals surface area contributed by atoms with Gasteiger partial charge in [0.2, 0.25) is 0 Å². The molecular weight excluding hydrogens is 314 g/mol. The number of carbonyl (C=O) groups is 1. The number of halogens is 1. The van der Waals surface area contributed by atoms with E-state index in [-0.39, 0.29) is 21.4 Å². The molecule has 1 amide bonds. The van der Waals surface area contributed by atoms with E-state index >= 15 is 0 Å². The molecule has 1 heterocycles. The highest BCUT2D eigenvalue weighted by atomic mass is 35.5. The van der Waals surface area contributed by atoms with Crippen LogP contribution < -0.4 is 5.32 Å². The fourth-order valence-electron chi connectivity index (χ4n) is 1.76. The summed E-state index contributed by atoms with van der Waals surface area (Å²) in [5, 5.41) is 2.81. The van der Waals surface area contributed by atoms with Crippen molar-refractivity contribution in [2.24, 2.45) is 0 Å². The third-order valence-corrected chi connectivity index (χ3v) is 4.41. The van der Waals surface area contributed by atoms with Crippen molar-refractivity contribution in [2.45, 2.75) is 11.3 Å². The number of H-pyrrole nitrogens is 1. The van der Waals surface area contributed by atoms with Gasteiger partial charge in [-0.05, 0) is 18.2 Å². The first kappa shape index (κ1) is 15.5. The number of hydrogen-bond donors (Lipinski definition) is 2. The smallest absolute Gasteiger partial charge is 0.251 e. The molecule has 6 nitrogen and oxygen atoms in total. The summed E-state index contributed by atoms with van der Waals surface area (Å²) in [4.78, 5) is 18.7. The Labute approximate surface area is 127 Å². The fourth-order valence-corrected chi connectivity index (χ4v) is 3.06. The number of rotatable bonds is 5. The second-order valence-corrected chi connectivity index (χ2v) is 6.89. The van der Waals surface area contributed by atoms with Gasteiger partial charge in [0.1, 0.15) is 0 Å². The minimum atomic E-state index is -3.47. The van der Waals surface area contributed by atoms with Gasteiger partial charge in [-0.15, -0.1) is 0 Å². The summed E-state index contributed by atoms with van der Waals surface area (Å²) in [5.74, 6) is -0.351. The van der Waals surface area contributed by atoms with Gasteiger partial charge < -0.3 is 10.3 Å². The Morgan fingerprint density at radius 2 is 2.19 bits per heavy atom. The van der Waals surface area contributed by atoms with E-state index < -0.39 is 9.84 Å². The zero-order valence-electron chi connectivity index (χ0n) is 11.3. The monoisotopic (exact) mass is 327 g/mol. The Morgan fingerprint density at radius 3 is 2.81 bits per heavy atom. The lowest BCUT2D eigenvalue weighted by Gasteiger charge is -2.07. The quantitative estimate of drug-likeness (QED) is 0.869. The lowest BCUT2D eigenvalue weighted by molar-refractivity contribution is 0.0954. The molecule has 0 bridgehead atoms. The highest BCUT2D eigenvalue weighted by molar-refractivity contribution is 7.90. The van der Waals surface area contributed by atoms with Crippen LogP contribution in [-0.2, 0) is 16.3 Å². The van der Waals surface area contributed by atoms with Crippen molar-refractivity contribution in [1.29, 1.82) is 0 Å². The molecule has 1 aromatic heterocycles. The summed E-state index contributed by atoms with van der Waals surface area (Å²) in [6, 6.07) is 4.17. The van der Waals surface area contributed by atoms with Gasteiger partial charge in [0.05, 0.1) is 16.2 Å². The fraction of sp³-hybridized carbons (Fsp3) is 0.231. The van der Waals surface area contributed by atoms with E-state index in [1.165, 1.54) is 18.2 Å². The van der Waals surface area contributed by atoms with Crippen LogP contribution in [0, 0.1) is 0 Å². The molecule has 0 saturated heterocycles. The zero-order chi connectivity index (χ0) is 15.5. The van der Waals surface area contributed by atoms with Crippen LogP contribution in [0.5, 0.6) is 0 Å². The maximum absolute atomic E-state index is 12.0. The number of carbonyl (C=O) groups excluding carboxylic acids is 1. The van der Waals surface area contributed by atoms with Gasteiger partial charge in [-0.1, -0.05) is 11.6 Å². The minimum absolute atomic E-state index is 0.0506. The summed E-state index contributed by atoms with van der Waals surface area (Å²) in [6.07, 6.45) is 4.90. The number of imidazole rings is 1. The molecule has 2 aromatic rings. The first-order valence-electron chi connectivity index (χ1n) is 6.13. The molecule has 0 unspecified atom stereocenters. The molecule has 0 aliphatic rings. The highest BCUT2D eigenvalue weighted by Gasteiger charge is 2.15. The molecule has 2 rings (SSSR count). The molecule has 0 spiro atoms. The summed E-state index contributed by atoms with van der Waals surface area (Å²) in [5.41, 5.74) is 1.16. The first-order chi connectivity index (χ1) is 9.88. The topological polar surface area (TPSA) is 91.9 Å². The van der Waals surface area contributed by atoms with E-state index in [0.29, 0.717) is 13.0 Å². The molecule has 112 valence electrons. The summed E-state index contributed by atoms with van der Waals surface area (Å²) < 4.78 is 23.1. The molecule has 0 saturated carbocycles. The van der Waals surface area contributed by atoms with Gasteiger partial charge in [0.25, 0.3) is 5.91 Å². The van der Waals surface area contributed by atoms with Gasteiger partial charge in [0, 0.05) is 36.7 Å². The number of aromatic amines is 1. The van der Waals surface area contributed by atoms with Crippen LogP contribution in [-0.4, -0.2) is 37.1 Å². The normalized spacial score (nSPS) is 11.3. The lowest BCUT2D eigenvalue weighted by atomic mass is 10.2. The molecule has 1 aromatic carbocycles. The lowest BCUT2D eigenvalue weighted by Crippen LogP contribution is -2.26. The van der Waals surface area contributed by atoms with Crippen molar-refractivity contribution in [1.82, 2.24) is 15.3 Å². The number of nitrogens with one attached hydrogen (secondary N) is 2. The Hall–Kier alpha value is -1.86. The highest BCUT2D eigenvalue weighted by Crippen LogP contribution is 2.22. The Balaban J connectivity index is 2.06. The Morgan fingerprint density at radius 1 is 1.43 bits per heavy atom. The maximum atomic E-state index is 12.0. The molecule has 0 aliphatic heterocycles. The van der Waals surface area contributed by atoms with Crippen molar-refractivity contribution in [3.63, 3.8) is 0 Å². The summed E-state index contributed by atoms with van der Waals surface area (Å²) >= 11 is 5.84. The second kappa shape index (κ2) is 6.28. The standard InChI is InChI=1S/C13H14ClN3O3S/c1-21(19,20)12-6-9(2-3-11(12)14)13(18)16-5-4-10-7-15-8-17-10/h2-3,6-8H,4-5H2,1H3,(H,15,17)(H,16,18). The van der Waals surface area contributed by atoms with E-state index in [1.54, 1.807) is 12.5 Å². The van der Waals surface area contributed by atoms with Crippen LogP contribution in [0.25, 0.3) is 0 Å². The molecule has 0 radical (unpaired) electrons. The first-order valence-corrected chi connectivity index (χ1v) is 8.40. The predicted molar refractivity (Wildman–Crippen MR) is 79.2 cm³/mol. The predicted octanol–water partition coefficient (Wildman–Crippen LogP) is 1.44. The van der Waals surface area contributed by atoms with Crippen LogP contribution in [0.1, 0.15) is 16.1 Å². The average Bonchev–Trinajstić information content (AvgIpc) is 2.91. The molecule has 2 N–H and O–H groups in total. The zero-order valence-corrected chi connectivity index (χ0v) is 12.8. The summed E-state index contributed by atoms with van der Waals surface area (Å²) in [6.45, 7) is 0.415. The van der Waals surface area contributed by atoms with E-state index in [9.17, 15) is 13.2 Å². The number of benzene rings is 1. The van der Waals surface area contributed by atoms with E-state index in [0.717, 1.165) is 11.9 Å². The average molecular weight is 328 g/mol. The second-order valence-electron chi connectivity index (χ2n) is 4.50. The third kappa shape index (κ3) is 4.05. The van der Waals surface area contributed by atoms with E-state index in [1.807, 2.05) is 0 Å². The van der Waals surface area contributed by atoms with Crippen molar-refractivity contribution >= 4 is 27.3 Å². The van der Waals surface area contributed by atoms with Gasteiger partial charge in [-0.3, -0.25) is 4.79 Å². The van der Waals surface area contributed by atoms with Gasteiger partial charge in [-0.2, -0.15) is 0 Å². The number of amides is 1. The van der Waals surface area contributed by atoms with Gasteiger partial charge in [-0.25, -0.2) is 13.4 Å². The molecule has 0 fully saturated rings. The Bertz CT molecular complexity index is 742. The van der Waals surface area contributed by atoms with Crippen LogP contribution in [0.15, 0.2) is 35.6 Å². The number of sulfone groups is 1. The van der Waals surface area contributed by atoms with Gasteiger partial charge >= 0.3 is 0 Å². The minimum Gasteiger partial charge on any atom is -0.352 e. The number of hydrogen-bond acceptors (Lipinski definition) is 4. The molecular formula is C13H14ClN3O3S. The number of aromatic nitrogens is 2. The molecule has 8 heteroatoms. The third-order valence-electron chi connectivity index (χ3n) is 2.83. The molecule has 21 heavy (non-hydrogen) atoms. The van der Waals surface area contributed by atoms with Crippen LogP contribution in [0.2, 0.25) is 5.02 Å². The van der Waals surface area contributed by atoms with Crippen LogP contribution >= 0.6 is 11.6 Å². The molecule has 0 atom stereocenters. The SMILES string of the molecule is CS(=O)(=O)c1cc(C(=O)NCCc2cnc[nH]2)ccc1Cl. The van der Waals surface area contributed by atoms with Crippen molar-refractivity contribution in [3.8, 4) is 0 Å². The maximum Gasteiger partial charge on any atom is 0.251 e. The van der Waals surface area contributed by atoms with Crippen LogP contribution in [0.4, 0.5) is 0 Å². The van der Waals surface area contributed by atoms with Gasteiger partial charge in [0.15, 0.2) is 9.84 Å². The van der Waals surface area contributed by atoms with Crippen molar-refractivity contribution in [3.05, 3.63) is 47.0 Å². The largest absolute Gasteiger partial charge is 0.352 e. The van der Waals surface area contributed by atoms with Crippen molar-refractivity contribution in [2.75, 3.05) is 12.8 Å². The molecule has 0 aliphatic carbocycles. The number of nitrogens with zero attached hydrogens (tertiary/aromatic N) is 1. The van der Waals surface area contributed by atoms with Crippen LogP contribution in [0.3, 0.4) is 0 Å². The summed E-state index contributed by atoms with van der Waals surface area (Å²) in [7, 11) is -3.47.